The molecule has 0 aromatic carbocycles. The second-order valence-electron chi connectivity index (χ2n) is 9.12. The van der Waals surface area contributed by atoms with Gasteiger partial charge in [0.05, 0.1) is 36.1 Å². The molecule has 1 amide bonds. The second-order valence-corrected chi connectivity index (χ2v) is 9.12. The molecule has 3 aromatic heterocycles. The van der Waals surface area contributed by atoms with Crippen molar-refractivity contribution in [3.8, 4) is 11.6 Å². The fourth-order valence-corrected chi connectivity index (χ4v) is 5.30. The molecule has 12 heteroatoms. The summed E-state index contributed by atoms with van der Waals surface area (Å²) in [6, 6.07) is 5.14. The van der Waals surface area contributed by atoms with Crippen LogP contribution in [0.4, 0.5) is 13.2 Å². The highest BCUT2D eigenvalue weighted by Crippen LogP contribution is 2.46. The van der Waals surface area contributed by atoms with E-state index in [1.165, 1.54) is 23.3 Å². The van der Waals surface area contributed by atoms with Crippen molar-refractivity contribution in [1.29, 1.82) is 0 Å². The van der Waals surface area contributed by atoms with Gasteiger partial charge in [0.15, 0.2) is 5.69 Å². The first-order chi connectivity index (χ1) is 17.2. The van der Waals surface area contributed by atoms with E-state index in [1.54, 1.807) is 31.1 Å². The monoisotopic (exact) mass is 502 g/mol. The predicted molar refractivity (Wildman–Crippen MR) is 120 cm³/mol. The lowest BCUT2D eigenvalue weighted by atomic mass is 9.93. The fraction of sp³-hybridized carbons (Fsp3) is 0.458. The Labute approximate surface area is 205 Å². The molecule has 2 fully saturated rings. The Hall–Kier alpha value is -3.54. The SMILES string of the molecule is COC(C)C1C2CC(Oc3ccc(C(F)(F)F)cn3)C(C2)N1C(=O)c1nc(C)ccc1-n1nccn1. The number of carbonyl (C=O) groups is 1. The summed E-state index contributed by atoms with van der Waals surface area (Å²) in [6.45, 7) is 3.71. The normalized spacial score (nSPS) is 24.2. The third-order valence-electron chi connectivity index (χ3n) is 6.94. The second kappa shape index (κ2) is 9.16. The van der Waals surface area contributed by atoms with Crippen LogP contribution in [-0.4, -0.2) is 67.2 Å². The van der Waals surface area contributed by atoms with Crippen molar-refractivity contribution < 1.29 is 27.4 Å². The Morgan fingerprint density at radius 3 is 2.53 bits per heavy atom. The van der Waals surface area contributed by atoms with Crippen LogP contribution >= 0.6 is 0 Å². The van der Waals surface area contributed by atoms with Gasteiger partial charge in [0.2, 0.25) is 5.88 Å². The number of fused-ring (bicyclic) bond motifs is 2. The van der Waals surface area contributed by atoms with Gasteiger partial charge in [-0.3, -0.25) is 4.79 Å². The molecule has 1 saturated carbocycles. The van der Waals surface area contributed by atoms with Gasteiger partial charge in [-0.1, -0.05) is 0 Å². The van der Waals surface area contributed by atoms with Crippen LogP contribution in [0.5, 0.6) is 5.88 Å². The van der Waals surface area contributed by atoms with Crippen LogP contribution in [-0.2, 0) is 10.9 Å². The molecule has 9 nitrogen and oxygen atoms in total. The van der Waals surface area contributed by atoms with Crippen LogP contribution in [0.15, 0.2) is 42.9 Å². The van der Waals surface area contributed by atoms with Crippen LogP contribution < -0.4 is 4.74 Å². The van der Waals surface area contributed by atoms with Gasteiger partial charge in [-0.05, 0) is 50.8 Å². The first-order valence-electron chi connectivity index (χ1n) is 11.6. The Balaban J connectivity index is 1.46. The number of pyridine rings is 2. The molecule has 1 aliphatic heterocycles. The summed E-state index contributed by atoms with van der Waals surface area (Å²) in [4.78, 5) is 25.5. The number of nitrogens with zero attached hydrogens (tertiary/aromatic N) is 6. The number of amides is 1. The lowest BCUT2D eigenvalue weighted by Gasteiger charge is -2.41. The molecule has 0 N–H and O–H groups in total. The first kappa shape index (κ1) is 24.2. The number of alkyl halides is 3. The third-order valence-corrected chi connectivity index (χ3v) is 6.94. The molecule has 2 aliphatic rings. The molecule has 1 saturated heterocycles. The van der Waals surface area contributed by atoms with E-state index in [0.717, 1.165) is 12.3 Å². The van der Waals surface area contributed by atoms with Crippen LogP contribution in [0.25, 0.3) is 5.69 Å². The van der Waals surface area contributed by atoms with Gasteiger partial charge in [-0.25, -0.2) is 9.97 Å². The number of rotatable bonds is 6. The van der Waals surface area contributed by atoms with Crippen LogP contribution in [0.3, 0.4) is 0 Å². The molecule has 0 spiro atoms. The van der Waals surface area contributed by atoms with Crippen LogP contribution in [0, 0.1) is 12.8 Å². The fourth-order valence-electron chi connectivity index (χ4n) is 5.30. The number of methoxy groups -OCH3 is 1. The van der Waals surface area contributed by atoms with Crippen LogP contribution in [0.1, 0.15) is 41.5 Å². The average molecular weight is 502 g/mol. The van der Waals surface area contributed by atoms with Gasteiger partial charge >= 0.3 is 6.18 Å². The number of halogens is 3. The van der Waals surface area contributed by atoms with Gasteiger partial charge < -0.3 is 14.4 Å². The zero-order valence-electron chi connectivity index (χ0n) is 19.9. The number of aryl methyl sites for hydroxylation is 1. The standard InChI is InChI=1S/C24H25F3N6O3/c1-13-4-6-17(33-29-8-9-30-33)21(31-13)23(34)32-18-10-15(22(32)14(2)35-3)11-19(18)36-20-7-5-16(12-28-20)24(25,26)27/h4-9,12,14-15,18-19,22H,10-11H2,1-3H3. The van der Waals surface area contributed by atoms with E-state index in [4.69, 9.17) is 9.47 Å². The van der Waals surface area contributed by atoms with Gasteiger partial charge in [-0.15, -0.1) is 4.80 Å². The van der Waals surface area contributed by atoms with Crippen molar-refractivity contribution in [2.24, 2.45) is 5.92 Å². The highest BCUT2D eigenvalue weighted by Gasteiger charge is 2.56. The maximum atomic E-state index is 14.0. The van der Waals surface area contributed by atoms with Crippen molar-refractivity contribution in [2.75, 3.05) is 7.11 Å². The highest BCUT2D eigenvalue weighted by atomic mass is 19.4. The van der Waals surface area contributed by atoms with Gasteiger partial charge in [-0.2, -0.15) is 23.4 Å². The molecule has 36 heavy (non-hydrogen) atoms. The van der Waals surface area contributed by atoms with Gasteiger partial charge in [0.25, 0.3) is 5.91 Å². The molecule has 5 unspecified atom stereocenters. The lowest BCUT2D eigenvalue weighted by Crippen LogP contribution is -2.56. The van der Waals surface area contributed by atoms with Crippen molar-refractivity contribution >= 4 is 5.91 Å². The van der Waals surface area contributed by atoms with Crippen molar-refractivity contribution in [3.63, 3.8) is 0 Å². The van der Waals surface area contributed by atoms with E-state index in [0.29, 0.717) is 24.2 Å². The number of aromatic nitrogens is 5. The number of piperidine rings is 1. The molecule has 1 aliphatic carbocycles. The number of carbonyl (C=O) groups excluding carboxylic acids is 1. The zero-order chi connectivity index (χ0) is 25.6. The molecule has 2 bridgehead atoms. The van der Waals surface area contributed by atoms with Crippen molar-refractivity contribution in [3.05, 3.63) is 59.8 Å². The van der Waals surface area contributed by atoms with E-state index in [9.17, 15) is 18.0 Å². The lowest BCUT2D eigenvalue weighted by molar-refractivity contribution is -0.137. The van der Waals surface area contributed by atoms with Crippen LogP contribution in [0.2, 0.25) is 0 Å². The topological polar surface area (TPSA) is 95.3 Å². The summed E-state index contributed by atoms with van der Waals surface area (Å²) in [6.07, 6.45) is -0.0649. The minimum Gasteiger partial charge on any atom is -0.472 e. The minimum atomic E-state index is -4.48. The Kier molecular flexibility index (Phi) is 6.15. The molecule has 0 radical (unpaired) electrons. The maximum absolute atomic E-state index is 14.0. The zero-order valence-corrected chi connectivity index (χ0v) is 19.9. The Bertz CT molecular complexity index is 1230. The van der Waals surface area contributed by atoms with E-state index in [-0.39, 0.29) is 41.6 Å². The Morgan fingerprint density at radius 2 is 1.89 bits per heavy atom. The summed E-state index contributed by atoms with van der Waals surface area (Å²) in [7, 11) is 1.60. The van der Waals surface area contributed by atoms with E-state index in [2.05, 4.69) is 20.2 Å². The molecule has 190 valence electrons. The first-order valence-corrected chi connectivity index (χ1v) is 11.6. The number of hydrogen-bond donors (Lipinski definition) is 0. The number of likely N-dealkylation sites (tertiary alicyclic amines) is 1. The van der Waals surface area contributed by atoms with E-state index >= 15 is 0 Å². The van der Waals surface area contributed by atoms with E-state index in [1.807, 2.05) is 6.92 Å². The molecule has 5 rings (SSSR count). The Morgan fingerprint density at radius 1 is 1.14 bits per heavy atom. The summed E-state index contributed by atoms with van der Waals surface area (Å²) in [5.74, 6) is -0.134. The molecule has 5 atom stereocenters. The average Bonchev–Trinajstić information content (AvgIpc) is 3.59. The predicted octanol–water partition coefficient (Wildman–Crippen LogP) is 3.47. The summed E-state index contributed by atoms with van der Waals surface area (Å²) in [5.41, 5.74) is 0.470. The molecule has 3 aromatic rings. The maximum Gasteiger partial charge on any atom is 0.417 e. The summed E-state index contributed by atoms with van der Waals surface area (Å²) < 4.78 is 50.4. The largest absolute Gasteiger partial charge is 0.472 e. The quantitative estimate of drug-likeness (QED) is 0.509. The van der Waals surface area contributed by atoms with Crippen molar-refractivity contribution in [2.45, 2.75) is 57.2 Å². The van der Waals surface area contributed by atoms with Gasteiger partial charge in [0, 0.05) is 25.1 Å². The number of ether oxygens (including phenoxy) is 2. The summed E-state index contributed by atoms with van der Waals surface area (Å²) in [5, 5.41) is 8.31. The molecular formula is C24H25F3N6O3. The third kappa shape index (κ3) is 4.29. The molecular weight excluding hydrogens is 477 g/mol. The van der Waals surface area contributed by atoms with E-state index < -0.39 is 17.8 Å². The smallest absolute Gasteiger partial charge is 0.417 e. The van der Waals surface area contributed by atoms with Gasteiger partial charge in [0.1, 0.15) is 11.8 Å². The summed E-state index contributed by atoms with van der Waals surface area (Å²) >= 11 is 0. The highest BCUT2D eigenvalue weighted by molar-refractivity contribution is 5.96. The van der Waals surface area contributed by atoms with Crippen molar-refractivity contribution in [1.82, 2.24) is 29.9 Å². The number of hydrogen-bond acceptors (Lipinski definition) is 7. The molecule has 4 heterocycles. The minimum absolute atomic E-state index is 0.0828.